The molecule has 2 rings (SSSR count). The quantitative estimate of drug-likeness (QED) is 0.750. The first-order valence-corrected chi connectivity index (χ1v) is 9.60. The van der Waals surface area contributed by atoms with Gasteiger partial charge in [-0.1, -0.05) is 29.8 Å². The summed E-state index contributed by atoms with van der Waals surface area (Å²) >= 11 is 0. The van der Waals surface area contributed by atoms with E-state index in [1.54, 1.807) is 4.90 Å². The largest absolute Gasteiger partial charge is 0.489 e. The number of nitrogens with zero attached hydrogens (tertiary/aromatic N) is 1. The molecule has 0 heterocycles. The average Bonchev–Trinajstić information content (AvgIpc) is 2.58. The molecule has 0 unspecified atom stereocenters. The summed E-state index contributed by atoms with van der Waals surface area (Å²) in [4.78, 5) is 26.5. The topological polar surface area (TPSA) is 58.6 Å². The van der Waals surface area contributed by atoms with Crippen LogP contribution in [0.1, 0.15) is 43.9 Å². The number of amides is 2. The molecule has 0 aliphatic carbocycles. The van der Waals surface area contributed by atoms with Crippen LogP contribution in [0.2, 0.25) is 0 Å². The molecule has 0 spiro atoms. The van der Waals surface area contributed by atoms with E-state index >= 15 is 0 Å². The Bertz CT molecular complexity index is 836. The van der Waals surface area contributed by atoms with Gasteiger partial charge < -0.3 is 15.0 Å². The van der Waals surface area contributed by atoms with E-state index in [4.69, 9.17) is 4.74 Å². The molecular formula is C23H30N2O3. The third-order valence-electron chi connectivity index (χ3n) is 4.37. The van der Waals surface area contributed by atoms with Crippen LogP contribution in [0.5, 0.6) is 5.75 Å². The number of nitrogens with one attached hydrogen (secondary N) is 1. The monoisotopic (exact) mass is 382 g/mol. The Hall–Kier alpha value is -2.82. The highest BCUT2D eigenvalue weighted by atomic mass is 16.5. The van der Waals surface area contributed by atoms with Gasteiger partial charge in [0.2, 0.25) is 11.8 Å². The fraction of sp³-hybridized carbons (Fsp3) is 0.391. The van der Waals surface area contributed by atoms with Crippen LogP contribution in [0.3, 0.4) is 0 Å². The zero-order chi connectivity index (χ0) is 20.8. The molecular weight excluding hydrogens is 352 g/mol. The minimum Gasteiger partial charge on any atom is -0.489 e. The molecule has 150 valence electrons. The maximum Gasteiger partial charge on any atom is 0.226 e. The molecule has 0 fully saturated rings. The average molecular weight is 383 g/mol. The van der Waals surface area contributed by atoms with Crippen LogP contribution in [0.25, 0.3) is 0 Å². The number of carbonyl (C=O) groups excluding carboxylic acids is 2. The Labute approximate surface area is 167 Å². The fourth-order valence-electron chi connectivity index (χ4n) is 3.38. The number of anilines is 2. The molecule has 0 aliphatic rings. The number of aryl methyl sites for hydroxylation is 3. The molecule has 5 heteroatoms. The zero-order valence-electron chi connectivity index (χ0n) is 17.6. The number of para-hydroxylation sites is 2. The van der Waals surface area contributed by atoms with Crippen molar-refractivity contribution in [2.24, 2.45) is 0 Å². The highest BCUT2D eigenvalue weighted by Gasteiger charge is 2.18. The number of benzene rings is 2. The van der Waals surface area contributed by atoms with E-state index in [-0.39, 0.29) is 24.3 Å². The van der Waals surface area contributed by atoms with Crippen LogP contribution in [0, 0.1) is 20.8 Å². The van der Waals surface area contributed by atoms with Gasteiger partial charge in [-0.05, 0) is 57.9 Å². The van der Waals surface area contributed by atoms with E-state index in [0.29, 0.717) is 18.0 Å². The second kappa shape index (κ2) is 9.40. The van der Waals surface area contributed by atoms with E-state index in [1.165, 1.54) is 6.92 Å². The SMILES string of the molecule is CC(=O)N(CCC(=O)Nc1ccccc1OC(C)C)c1c(C)cc(C)cc1C. The smallest absolute Gasteiger partial charge is 0.226 e. The molecule has 5 nitrogen and oxygen atoms in total. The number of ether oxygens (including phenoxy) is 1. The highest BCUT2D eigenvalue weighted by molar-refractivity contribution is 5.96. The van der Waals surface area contributed by atoms with Crippen molar-refractivity contribution in [2.75, 3.05) is 16.8 Å². The zero-order valence-corrected chi connectivity index (χ0v) is 17.6. The van der Waals surface area contributed by atoms with Crippen molar-refractivity contribution in [3.05, 3.63) is 53.1 Å². The van der Waals surface area contributed by atoms with Crippen LogP contribution >= 0.6 is 0 Å². The second-order valence-corrected chi connectivity index (χ2v) is 7.38. The lowest BCUT2D eigenvalue weighted by Crippen LogP contribution is -2.33. The van der Waals surface area contributed by atoms with Crippen molar-refractivity contribution >= 4 is 23.2 Å². The number of rotatable bonds is 7. The Kier molecular flexibility index (Phi) is 7.21. The Morgan fingerprint density at radius 2 is 1.68 bits per heavy atom. The van der Waals surface area contributed by atoms with Crippen LogP contribution in [0.15, 0.2) is 36.4 Å². The molecule has 2 amide bonds. The number of hydrogen-bond acceptors (Lipinski definition) is 3. The standard InChI is InChI=1S/C23H30N2O3/c1-15(2)28-21-10-8-7-9-20(21)24-22(27)11-12-25(19(6)26)23-17(4)13-16(3)14-18(23)5/h7-10,13-15H,11-12H2,1-6H3,(H,24,27). The molecule has 0 atom stereocenters. The van der Waals surface area contributed by atoms with E-state index in [1.807, 2.05) is 58.9 Å². The van der Waals surface area contributed by atoms with Crippen molar-refractivity contribution < 1.29 is 14.3 Å². The first-order valence-electron chi connectivity index (χ1n) is 9.60. The Morgan fingerprint density at radius 3 is 2.25 bits per heavy atom. The maximum absolute atomic E-state index is 12.5. The summed E-state index contributed by atoms with van der Waals surface area (Å²) in [5.74, 6) is 0.402. The van der Waals surface area contributed by atoms with Gasteiger partial charge in [-0.3, -0.25) is 9.59 Å². The van der Waals surface area contributed by atoms with Crippen LogP contribution in [0.4, 0.5) is 11.4 Å². The van der Waals surface area contributed by atoms with E-state index in [9.17, 15) is 9.59 Å². The molecule has 0 aromatic heterocycles. The lowest BCUT2D eigenvalue weighted by atomic mass is 10.0. The minimum atomic E-state index is -0.159. The summed E-state index contributed by atoms with van der Waals surface area (Å²) in [6.45, 7) is 11.7. The summed E-state index contributed by atoms with van der Waals surface area (Å²) < 4.78 is 5.74. The van der Waals surface area contributed by atoms with Gasteiger partial charge in [-0.2, -0.15) is 0 Å². The predicted octanol–water partition coefficient (Wildman–Crippen LogP) is 4.78. The first kappa shape index (κ1) is 21.5. The Balaban J connectivity index is 2.11. The van der Waals surface area contributed by atoms with Crippen molar-refractivity contribution in [1.82, 2.24) is 0 Å². The van der Waals surface area contributed by atoms with Crippen LogP contribution in [-0.2, 0) is 9.59 Å². The van der Waals surface area contributed by atoms with Gasteiger partial charge in [-0.15, -0.1) is 0 Å². The lowest BCUT2D eigenvalue weighted by molar-refractivity contribution is -0.117. The van der Waals surface area contributed by atoms with Crippen LogP contribution < -0.4 is 15.0 Å². The third kappa shape index (κ3) is 5.59. The van der Waals surface area contributed by atoms with Gasteiger partial charge in [-0.25, -0.2) is 0 Å². The van der Waals surface area contributed by atoms with Gasteiger partial charge in [0.05, 0.1) is 11.8 Å². The molecule has 0 radical (unpaired) electrons. The number of hydrogen-bond donors (Lipinski definition) is 1. The van der Waals surface area contributed by atoms with Crippen molar-refractivity contribution in [3.63, 3.8) is 0 Å². The summed E-state index contributed by atoms with van der Waals surface area (Å²) in [6, 6.07) is 11.5. The second-order valence-electron chi connectivity index (χ2n) is 7.38. The van der Waals surface area contributed by atoms with Gasteiger partial charge in [0.25, 0.3) is 0 Å². The van der Waals surface area contributed by atoms with Gasteiger partial charge in [0, 0.05) is 25.6 Å². The molecule has 0 bridgehead atoms. The van der Waals surface area contributed by atoms with E-state index < -0.39 is 0 Å². The fourth-order valence-corrected chi connectivity index (χ4v) is 3.38. The minimum absolute atomic E-state index is 0.0127. The van der Waals surface area contributed by atoms with Crippen LogP contribution in [-0.4, -0.2) is 24.5 Å². The molecule has 2 aromatic carbocycles. The summed E-state index contributed by atoms with van der Waals surface area (Å²) in [5, 5.41) is 2.90. The highest BCUT2D eigenvalue weighted by Crippen LogP contribution is 2.28. The van der Waals surface area contributed by atoms with Gasteiger partial charge in [0.15, 0.2) is 0 Å². The van der Waals surface area contributed by atoms with Crippen molar-refractivity contribution in [2.45, 2.75) is 54.1 Å². The molecule has 28 heavy (non-hydrogen) atoms. The van der Waals surface area contributed by atoms with Gasteiger partial charge >= 0.3 is 0 Å². The maximum atomic E-state index is 12.5. The van der Waals surface area contributed by atoms with Gasteiger partial charge in [0.1, 0.15) is 5.75 Å². The summed E-state index contributed by atoms with van der Waals surface area (Å²) in [7, 11) is 0. The number of carbonyl (C=O) groups is 2. The third-order valence-corrected chi connectivity index (χ3v) is 4.37. The summed E-state index contributed by atoms with van der Waals surface area (Å²) in [5.41, 5.74) is 4.74. The molecule has 0 saturated carbocycles. The molecule has 0 saturated heterocycles. The van der Waals surface area contributed by atoms with Crippen molar-refractivity contribution in [1.29, 1.82) is 0 Å². The van der Waals surface area contributed by atoms with E-state index in [2.05, 4.69) is 17.4 Å². The summed E-state index contributed by atoms with van der Waals surface area (Å²) in [6.07, 6.45) is 0.210. The molecule has 1 N–H and O–H groups in total. The predicted molar refractivity (Wildman–Crippen MR) is 114 cm³/mol. The van der Waals surface area contributed by atoms with E-state index in [0.717, 1.165) is 22.4 Å². The van der Waals surface area contributed by atoms with Crippen molar-refractivity contribution in [3.8, 4) is 5.75 Å². The molecule has 0 aliphatic heterocycles. The first-order chi connectivity index (χ1) is 13.2. The normalized spacial score (nSPS) is 10.7. The lowest BCUT2D eigenvalue weighted by Gasteiger charge is -2.25. The Morgan fingerprint density at radius 1 is 1.07 bits per heavy atom. The molecule has 2 aromatic rings.